The summed E-state index contributed by atoms with van der Waals surface area (Å²) in [6.07, 6.45) is 1.52. The highest BCUT2D eigenvalue weighted by Gasteiger charge is 2.01. The van der Waals surface area contributed by atoms with Gasteiger partial charge in [-0.25, -0.2) is 9.50 Å². The van der Waals surface area contributed by atoms with Crippen LogP contribution in [0, 0.1) is 0 Å². The lowest BCUT2D eigenvalue weighted by Gasteiger charge is -1.89. The molecule has 0 aliphatic carbocycles. The fourth-order valence-corrected chi connectivity index (χ4v) is 1.78. The SMILES string of the molecule is CCSc1cc2nccc(=O)n2[nH]1. The first-order valence-electron chi connectivity index (χ1n) is 4.01. The van der Waals surface area contributed by atoms with Gasteiger partial charge in [-0.15, -0.1) is 11.8 Å². The van der Waals surface area contributed by atoms with Gasteiger partial charge >= 0.3 is 0 Å². The summed E-state index contributed by atoms with van der Waals surface area (Å²) in [4.78, 5) is 15.3. The number of hydrogen-bond donors (Lipinski definition) is 1. The molecule has 0 fully saturated rings. The van der Waals surface area contributed by atoms with Crippen LogP contribution in [0.3, 0.4) is 0 Å². The molecular formula is C8H9N3OS. The van der Waals surface area contributed by atoms with Crippen molar-refractivity contribution in [1.82, 2.24) is 14.6 Å². The van der Waals surface area contributed by atoms with Crippen LogP contribution >= 0.6 is 11.8 Å². The molecular weight excluding hydrogens is 186 g/mol. The van der Waals surface area contributed by atoms with Crippen molar-refractivity contribution in [2.75, 3.05) is 5.75 Å². The molecule has 5 heteroatoms. The van der Waals surface area contributed by atoms with Gasteiger partial charge in [0.25, 0.3) is 5.56 Å². The number of nitrogens with zero attached hydrogens (tertiary/aromatic N) is 2. The van der Waals surface area contributed by atoms with Crippen LogP contribution in [0.4, 0.5) is 0 Å². The monoisotopic (exact) mass is 195 g/mol. The zero-order valence-electron chi connectivity index (χ0n) is 7.15. The van der Waals surface area contributed by atoms with Gasteiger partial charge in [0.1, 0.15) is 0 Å². The van der Waals surface area contributed by atoms with E-state index in [1.165, 1.54) is 16.8 Å². The largest absolute Gasteiger partial charge is 0.283 e. The van der Waals surface area contributed by atoms with Crippen LogP contribution < -0.4 is 5.56 Å². The van der Waals surface area contributed by atoms with Gasteiger partial charge in [0.15, 0.2) is 5.65 Å². The topological polar surface area (TPSA) is 50.2 Å². The van der Waals surface area contributed by atoms with Crippen LogP contribution in [0.2, 0.25) is 0 Å². The smallest absolute Gasteiger partial charge is 0.272 e. The molecule has 0 amide bonds. The standard InChI is InChI=1S/C8H9N3OS/c1-2-13-7-5-6-9-4-3-8(12)11(6)10-7/h3-5,10H,2H2,1H3. The van der Waals surface area contributed by atoms with Crippen molar-refractivity contribution >= 4 is 17.4 Å². The van der Waals surface area contributed by atoms with Gasteiger partial charge in [0, 0.05) is 18.3 Å². The Hall–Kier alpha value is -1.23. The van der Waals surface area contributed by atoms with E-state index in [4.69, 9.17) is 0 Å². The predicted molar refractivity (Wildman–Crippen MR) is 52.2 cm³/mol. The van der Waals surface area contributed by atoms with E-state index < -0.39 is 0 Å². The van der Waals surface area contributed by atoms with Crippen molar-refractivity contribution in [3.8, 4) is 0 Å². The molecule has 0 unspecified atom stereocenters. The maximum absolute atomic E-state index is 11.3. The van der Waals surface area contributed by atoms with Gasteiger partial charge < -0.3 is 0 Å². The fourth-order valence-electron chi connectivity index (χ4n) is 1.13. The van der Waals surface area contributed by atoms with Crippen LogP contribution in [0.15, 0.2) is 28.2 Å². The zero-order valence-corrected chi connectivity index (χ0v) is 7.97. The lowest BCUT2D eigenvalue weighted by atomic mass is 10.6. The van der Waals surface area contributed by atoms with Crippen molar-refractivity contribution in [3.63, 3.8) is 0 Å². The summed E-state index contributed by atoms with van der Waals surface area (Å²) in [6.45, 7) is 2.06. The van der Waals surface area contributed by atoms with E-state index in [0.29, 0.717) is 5.65 Å². The summed E-state index contributed by atoms with van der Waals surface area (Å²) in [5, 5.41) is 3.94. The number of rotatable bonds is 2. The van der Waals surface area contributed by atoms with E-state index in [1.807, 2.05) is 6.07 Å². The first-order valence-corrected chi connectivity index (χ1v) is 4.99. The van der Waals surface area contributed by atoms with E-state index in [2.05, 4.69) is 17.0 Å². The Morgan fingerprint density at radius 2 is 2.54 bits per heavy atom. The van der Waals surface area contributed by atoms with E-state index >= 15 is 0 Å². The van der Waals surface area contributed by atoms with Gasteiger partial charge in [0.05, 0.1) is 5.03 Å². The quantitative estimate of drug-likeness (QED) is 0.731. The van der Waals surface area contributed by atoms with Crippen molar-refractivity contribution in [2.45, 2.75) is 11.9 Å². The van der Waals surface area contributed by atoms with E-state index in [1.54, 1.807) is 11.8 Å². The molecule has 0 bridgehead atoms. The Morgan fingerprint density at radius 3 is 3.23 bits per heavy atom. The number of nitrogens with one attached hydrogen (secondary N) is 1. The molecule has 1 N–H and O–H groups in total. The minimum atomic E-state index is -0.0760. The summed E-state index contributed by atoms with van der Waals surface area (Å²) in [5.74, 6) is 0.974. The summed E-state index contributed by atoms with van der Waals surface area (Å²) < 4.78 is 1.44. The second-order valence-corrected chi connectivity index (χ2v) is 3.84. The van der Waals surface area contributed by atoms with Crippen molar-refractivity contribution < 1.29 is 0 Å². The molecule has 0 saturated carbocycles. The van der Waals surface area contributed by atoms with E-state index in [0.717, 1.165) is 10.8 Å². The summed E-state index contributed by atoms with van der Waals surface area (Å²) in [5.41, 5.74) is 0.594. The lowest BCUT2D eigenvalue weighted by molar-refractivity contribution is 0.855. The maximum Gasteiger partial charge on any atom is 0.272 e. The van der Waals surface area contributed by atoms with Gasteiger partial charge in [0.2, 0.25) is 0 Å². The van der Waals surface area contributed by atoms with E-state index in [9.17, 15) is 4.79 Å². The summed E-state index contributed by atoms with van der Waals surface area (Å²) >= 11 is 1.65. The van der Waals surface area contributed by atoms with Crippen LogP contribution in [0.5, 0.6) is 0 Å². The molecule has 0 radical (unpaired) electrons. The van der Waals surface area contributed by atoms with Crippen molar-refractivity contribution in [3.05, 3.63) is 28.7 Å². The van der Waals surface area contributed by atoms with Gasteiger partial charge in [-0.3, -0.25) is 9.89 Å². The molecule has 0 spiro atoms. The van der Waals surface area contributed by atoms with Gasteiger partial charge in [-0.05, 0) is 5.75 Å². The molecule has 0 atom stereocenters. The highest BCUT2D eigenvalue weighted by molar-refractivity contribution is 7.99. The highest BCUT2D eigenvalue weighted by atomic mass is 32.2. The summed E-state index contributed by atoms with van der Waals surface area (Å²) in [7, 11) is 0. The Morgan fingerprint density at radius 1 is 1.69 bits per heavy atom. The average Bonchev–Trinajstić information content (AvgIpc) is 2.49. The molecule has 0 aliphatic rings. The Labute approximate surface area is 79.0 Å². The normalized spacial score (nSPS) is 10.8. The molecule has 0 saturated heterocycles. The molecule has 2 aromatic rings. The van der Waals surface area contributed by atoms with Crippen LogP contribution in [0.25, 0.3) is 5.65 Å². The van der Waals surface area contributed by atoms with E-state index in [-0.39, 0.29) is 5.56 Å². The molecule has 68 valence electrons. The van der Waals surface area contributed by atoms with Crippen molar-refractivity contribution in [1.29, 1.82) is 0 Å². The lowest BCUT2D eigenvalue weighted by Crippen LogP contribution is -2.12. The number of aromatic amines is 1. The number of H-pyrrole nitrogens is 1. The summed E-state index contributed by atoms with van der Waals surface area (Å²) in [6, 6.07) is 3.31. The van der Waals surface area contributed by atoms with Crippen LogP contribution in [-0.4, -0.2) is 20.4 Å². The van der Waals surface area contributed by atoms with Crippen LogP contribution in [-0.2, 0) is 0 Å². The minimum absolute atomic E-state index is 0.0760. The second-order valence-electron chi connectivity index (χ2n) is 2.53. The minimum Gasteiger partial charge on any atom is -0.283 e. The first-order chi connectivity index (χ1) is 6.31. The zero-order chi connectivity index (χ0) is 9.26. The number of hydrogen-bond acceptors (Lipinski definition) is 3. The first kappa shape index (κ1) is 8.37. The highest BCUT2D eigenvalue weighted by Crippen LogP contribution is 2.15. The molecule has 0 aromatic carbocycles. The van der Waals surface area contributed by atoms with Crippen molar-refractivity contribution in [2.24, 2.45) is 0 Å². The molecule has 2 heterocycles. The number of thioether (sulfide) groups is 1. The Bertz CT molecular complexity index is 473. The third-order valence-electron chi connectivity index (χ3n) is 1.66. The Kier molecular flexibility index (Phi) is 2.10. The fraction of sp³-hybridized carbons (Fsp3) is 0.250. The van der Waals surface area contributed by atoms with Gasteiger partial charge in [-0.1, -0.05) is 6.92 Å². The maximum atomic E-state index is 11.3. The van der Waals surface area contributed by atoms with Crippen LogP contribution in [0.1, 0.15) is 6.92 Å². The second kappa shape index (κ2) is 3.26. The molecule has 13 heavy (non-hydrogen) atoms. The Balaban J connectivity index is 2.62. The molecule has 2 aromatic heterocycles. The molecule has 4 nitrogen and oxygen atoms in total. The number of fused-ring (bicyclic) bond motifs is 1. The predicted octanol–water partition coefficient (Wildman–Crippen LogP) is 1.13. The van der Waals surface area contributed by atoms with Gasteiger partial charge in [-0.2, -0.15) is 0 Å². The third-order valence-corrected chi connectivity index (χ3v) is 2.46. The third kappa shape index (κ3) is 1.47. The molecule has 0 aliphatic heterocycles. The average molecular weight is 195 g/mol. The molecule has 2 rings (SSSR count). The number of aromatic nitrogens is 3.